The lowest BCUT2D eigenvalue weighted by molar-refractivity contribution is -0.132. The van der Waals surface area contributed by atoms with E-state index in [1.54, 1.807) is 37.3 Å². The Balaban J connectivity index is 1.39. The fraction of sp³-hybridized carbons (Fsp3) is 0.167. The van der Waals surface area contributed by atoms with E-state index < -0.39 is 23.4 Å². The smallest absolute Gasteiger partial charge is 0.318 e. The zero-order valence-electron chi connectivity index (χ0n) is 18.0. The molecule has 0 aliphatic carbocycles. The summed E-state index contributed by atoms with van der Waals surface area (Å²) in [5, 5.41) is 8.90. The summed E-state index contributed by atoms with van der Waals surface area (Å²) in [4.78, 5) is 39.8. The molecule has 2 N–H and O–H groups in total. The summed E-state index contributed by atoms with van der Waals surface area (Å²) >= 11 is 1.27. The predicted octanol–water partition coefficient (Wildman–Crippen LogP) is 3.57. The molecular weight excluding hydrogens is 438 g/mol. The maximum atomic E-state index is 13.1. The van der Waals surface area contributed by atoms with E-state index in [2.05, 4.69) is 15.8 Å². The van der Waals surface area contributed by atoms with Crippen molar-refractivity contribution in [2.24, 2.45) is 0 Å². The van der Waals surface area contributed by atoms with Gasteiger partial charge in [0.1, 0.15) is 10.4 Å². The number of carbonyl (C=O) groups is 3. The molecule has 1 saturated heterocycles. The molecule has 2 aromatic heterocycles. The zero-order valence-corrected chi connectivity index (χ0v) is 18.8. The molecule has 0 saturated carbocycles. The van der Waals surface area contributed by atoms with E-state index in [0.29, 0.717) is 17.0 Å². The minimum absolute atomic E-state index is 0.390. The van der Waals surface area contributed by atoms with Crippen LogP contribution in [0.1, 0.15) is 33.4 Å². The molecule has 1 fully saturated rings. The van der Waals surface area contributed by atoms with Crippen molar-refractivity contribution in [3.05, 3.63) is 88.4 Å². The van der Waals surface area contributed by atoms with Gasteiger partial charge in [0.15, 0.2) is 0 Å². The Hall–Kier alpha value is -3.98. The summed E-state index contributed by atoms with van der Waals surface area (Å²) < 4.78 is 1.86. The number of nitrogens with one attached hydrogen (secondary N) is 2. The fourth-order valence-corrected chi connectivity index (χ4v) is 5.00. The lowest BCUT2D eigenvalue weighted by Gasteiger charge is -2.21. The Morgan fingerprint density at radius 3 is 2.45 bits per heavy atom. The average Bonchev–Trinajstić information content (AvgIpc) is 3.45. The van der Waals surface area contributed by atoms with Crippen LogP contribution in [0.2, 0.25) is 0 Å². The second-order valence-corrected chi connectivity index (χ2v) is 9.09. The highest BCUT2D eigenvalue weighted by atomic mass is 32.1. The van der Waals surface area contributed by atoms with Crippen molar-refractivity contribution in [1.82, 2.24) is 25.5 Å². The van der Waals surface area contributed by atoms with Crippen molar-refractivity contribution in [3.8, 4) is 0 Å². The number of amides is 4. The van der Waals surface area contributed by atoms with Crippen molar-refractivity contribution in [1.29, 1.82) is 0 Å². The molecular formula is C24H21N5O3S. The van der Waals surface area contributed by atoms with Gasteiger partial charge in [-0.2, -0.15) is 10.1 Å². The van der Waals surface area contributed by atoms with E-state index in [1.807, 2.05) is 48.0 Å². The van der Waals surface area contributed by atoms with Crippen LogP contribution in [0.4, 0.5) is 4.79 Å². The molecule has 5 rings (SSSR count). The average molecular weight is 460 g/mol. The fourth-order valence-electron chi connectivity index (χ4n) is 3.95. The van der Waals surface area contributed by atoms with Crippen LogP contribution >= 0.6 is 11.3 Å². The lowest BCUT2D eigenvalue weighted by Crippen LogP contribution is -2.47. The van der Waals surface area contributed by atoms with Crippen LogP contribution in [-0.4, -0.2) is 32.6 Å². The molecule has 1 atom stereocenters. The number of benzene rings is 2. The Bertz CT molecular complexity index is 1380. The van der Waals surface area contributed by atoms with Gasteiger partial charge in [0.25, 0.3) is 11.8 Å². The minimum Gasteiger partial charge on any atom is -0.318 e. The van der Waals surface area contributed by atoms with E-state index >= 15 is 0 Å². The third-order valence-corrected chi connectivity index (χ3v) is 6.91. The molecule has 0 unspecified atom stereocenters. The number of fused-ring (bicyclic) bond motifs is 1. The van der Waals surface area contributed by atoms with Crippen LogP contribution in [0.15, 0.2) is 66.7 Å². The van der Waals surface area contributed by atoms with Crippen molar-refractivity contribution in [2.75, 3.05) is 0 Å². The topological polar surface area (TPSA) is 96.3 Å². The molecule has 0 spiro atoms. The van der Waals surface area contributed by atoms with Gasteiger partial charge in [-0.25, -0.2) is 4.79 Å². The first-order chi connectivity index (χ1) is 15.9. The Morgan fingerprint density at radius 1 is 1.09 bits per heavy atom. The maximum absolute atomic E-state index is 13.1. The van der Waals surface area contributed by atoms with Crippen molar-refractivity contribution < 1.29 is 14.4 Å². The largest absolute Gasteiger partial charge is 0.344 e. The molecule has 2 aromatic carbocycles. The molecule has 3 heterocycles. The normalized spacial score (nSPS) is 18.1. The van der Waals surface area contributed by atoms with E-state index in [1.165, 1.54) is 11.3 Å². The second-order valence-electron chi connectivity index (χ2n) is 8.06. The summed E-state index contributed by atoms with van der Waals surface area (Å²) in [6, 6.07) is 19.9. The first-order valence-corrected chi connectivity index (χ1v) is 11.2. The summed E-state index contributed by atoms with van der Waals surface area (Å²) in [5.41, 5.74) is 3.76. The Morgan fingerprint density at radius 2 is 1.76 bits per heavy atom. The number of hydrazine groups is 1. The van der Waals surface area contributed by atoms with E-state index in [4.69, 9.17) is 0 Å². The molecule has 8 nitrogen and oxygen atoms in total. The number of aromatic nitrogens is 2. The van der Waals surface area contributed by atoms with Gasteiger partial charge < -0.3 is 5.32 Å². The van der Waals surface area contributed by atoms with Gasteiger partial charge in [-0.1, -0.05) is 60.7 Å². The zero-order chi connectivity index (χ0) is 23.2. The van der Waals surface area contributed by atoms with Gasteiger partial charge in [0.2, 0.25) is 0 Å². The molecule has 1 aliphatic heterocycles. The van der Waals surface area contributed by atoms with Gasteiger partial charge in [0.05, 0.1) is 17.1 Å². The molecule has 166 valence electrons. The number of hydrogen-bond acceptors (Lipinski definition) is 5. The predicted molar refractivity (Wildman–Crippen MR) is 125 cm³/mol. The molecule has 4 amide bonds. The number of imide groups is 1. The van der Waals surface area contributed by atoms with Crippen molar-refractivity contribution >= 4 is 39.4 Å². The second kappa shape index (κ2) is 7.86. The summed E-state index contributed by atoms with van der Waals surface area (Å²) in [6.07, 6.45) is 0. The van der Waals surface area contributed by atoms with Crippen LogP contribution in [0.25, 0.3) is 10.2 Å². The summed E-state index contributed by atoms with van der Waals surface area (Å²) in [6.45, 7) is 4.09. The quantitative estimate of drug-likeness (QED) is 0.446. The van der Waals surface area contributed by atoms with Gasteiger partial charge in [0, 0.05) is 5.39 Å². The van der Waals surface area contributed by atoms with Crippen LogP contribution in [0.5, 0.6) is 0 Å². The SMILES string of the molecule is Cc1nn(Cc2ccccc2)c2sc(C(=O)NN3C(=O)N[C@](C)(c4ccccc4)C3=O)cc12. The molecule has 0 bridgehead atoms. The van der Waals surface area contributed by atoms with Crippen LogP contribution < -0.4 is 10.7 Å². The standard InChI is InChI=1S/C24H21N5O3S/c1-15-18-13-19(33-21(18)28(26-15)14-16-9-5-3-6-10-16)20(30)27-29-22(31)24(2,25-23(29)32)17-11-7-4-8-12-17/h3-13H,14H2,1-2H3,(H,25,32)(H,27,30)/t24-/m1/s1. The first-order valence-electron chi connectivity index (χ1n) is 10.4. The minimum atomic E-state index is -1.25. The van der Waals surface area contributed by atoms with Crippen molar-refractivity contribution in [3.63, 3.8) is 0 Å². The third-order valence-electron chi connectivity index (χ3n) is 5.76. The van der Waals surface area contributed by atoms with Gasteiger partial charge in [-0.15, -0.1) is 11.3 Å². The summed E-state index contributed by atoms with van der Waals surface area (Å²) in [5.74, 6) is -1.07. The van der Waals surface area contributed by atoms with Gasteiger partial charge in [-0.05, 0) is 31.0 Å². The number of thiophene rings is 1. The third kappa shape index (κ3) is 3.56. The number of urea groups is 1. The Labute approximate surface area is 193 Å². The lowest BCUT2D eigenvalue weighted by atomic mass is 9.92. The first kappa shape index (κ1) is 20.9. The maximum Gasteiger partial charge on any atom is 0.344 e. The van der Waals surface area contributed by atoms with Crippen LogP contribution in [0.3, 0.4) is 0 Å². The molecule has 9 heteroatoms. The molecule has 4 aromatic rings. The number of nitrogens with zero attached hydrogens (tertiary/aromatic N) is 3. The number of hydrogen-bond donors (Lipinski definition) is 2. The highest BCUT2D eigenvalue weighted by molar-refractivity contribution is 7.20. The van der Waals surface area contributed by atoms with Crippen LogP contribution in [-0.2, 0) is 16.9 Å². The summed E-state index contributed by atoms with van der Waals surface area (Å²) in [7, 11) is 0. The molecule has 0 radical (unpaired) electrons. The van der Waals surface area contributed by atoms with E-state index in [0.717, 1.165) is 26.5 Å². The number of carbonyl (C=O) groups excluding carboxylic acids is 3. The highest BCUT2D eigenvalue weighted by Crippen LogP contribution is 2.30. The van der Waals surface area contributed by atoms with Gasteiger partial charge >= 0.3 is 6.03 Å². The number of aryl methyl sites for hydroxylation is 1. The number of rotatable bonds is 5. The molecule has 33 heavy (non-hydrogen) atoms. The van der Waals surface area contributed by atoms with Crippen molar-refractivity contribution in [2.45, 2.75) is 25.9 Å². The molecule has 1 aliphatic rings. The highest BCUT2D eigenvalue weighted by Gasteiger charge is 2.50. The Kier molecular flexibility index (Phi) is 4.98. The van der Waals surface area contributed by atoms with Gasteiger partial charge in [-0.3, -0.25) is 19.7 Å². The van der Waals surface area contributed by atoms with Crippen LogP contribution in [0, 0.1) is 6.92 Å². The van der Waals surface area contributed by atoms with E-state index in [9.17, 15) is 14.4 Å². The monoisotopic (exact) mass is 459 g/mol. The van der Waals surface area contributed by atoms with E-state index in [-0.39, 0.29) is 0 Å².